The molecule has 0 N–H and O–H groups in total. The summed E-state index contributed by atoms with van der Waals surface area (Å²) in [6.07, 6.45) is 3.72. The number of benzene rings is 2. The van der Waals surface area contributed by atoms with E-state index in [-0.39, 0.29) is 0 Å². The van der Waals surface area contributed by atoms with Crippen LogP contribution in [0, 0.1) is 13.8 Å². The van der Waals surface area contributed by atoms with Gasteiger partial charge in [-0.05, 0) is 49.2 Å². The van der Waals surface area contributed by atoms with E-state index >= 15 is 0 Å². The third kappa shape index (κ3) is 1.68. The molecule has 0 aliphatic heterocycles. The lowest BCUT2D eigenvalue weighted by atomic mass is 10.0. The summed E-state index contributed by atoms with van der Waals surface area (Å²) in [5.41, 5.74) is 7.64. The Labute approximate surface area is 138 Å². The number of aryl methyl sites for hydroxylation is 2. The van der Waals surface area contributed by atoms with Crippen LogP contribution in [0.1, 0.15) is 11.1 Å². The van der Waals surface area contributed by atoms with Crippen molar-refractivity contribution in [3.05, 3.63) is 59.9 Å². The van der Waals surface area contributed by atoms with E-state index in [1.807, 2.05) is 36.5 Å². The summed E-state index contributed by atoms with van der Waals surface area (Å²) in [7, 11) is 0. The van der Waals surface area contributed by atoms with Crippen molar-refractivity contribution in [1.82, 2.24) is 19.9 Å². The number of hydrogen-bond acceptors (Lipinski definition) is 4. The maximum Gasteiger partial charge on any atom is 0.116 e. The molecule has 4 nitrogen and oxygen atoms in total. The lowest BCUT2D eigenvalue weighted by Gasteiger charge is -2.12. The molecule has 0 fully saturated rings. The van der Waals surface area contributed by atoms with Gasteiger partial charge in [0.15, 0.2) is 0 Å². The van der Waals surface area contributed by atoms with E-state index in [0.29, 0.717) is 0 Å². The number of hydrogen-bond donors (Lipinski definition) is 0. The fourth-order valence-electron chi connectivity index (χ4n) is 3.32. The van der Waals surface area contributed by atoms with Crippen LogP contribution >= 0.6 is 0 Å². The quantitative estimate of drug-likeness (QED) is 0.312. The van der Waals surface area contributed by atoms with Gasteiger partial charge in [-0.1, -0.05) is 12.1 Å². The number of para-hydroxylation sites is 2. The second kappa shape index (κ2) is 4.68. The Morgan fingerprint density at radius 2 is 1.46 bits per heavy atom. The molecule has 2 aromatic carbocycles. The molecule has 0 spiro atoms. The van der Waals surface area contributed by atoms with Gasteiger partial charge in [0.1, 0.15) is 16.6 Å². The Balaban J connectivity index is 2.19. The van der Waals surface area contributed by atoms with Gasteiger partial charge in [-0.2, -0.15) is 0 Å². The molecule has 24 heavy (non-hydrogen) atoms. The molecule has 0 amide bonds. The average Bonchev–Trinajstić information content (AvgIpc) is 2.63. The Morgan fingerprint density at radius 1 is 0.708 bits per heavy atom. The minimum atomic E-state index is 0.840. The van der Waals surface area contributed by atoms with E-state index in [4.69, 9.17) is 15.0 Å². The Hall–Kier alpha value is -3.14. The lowest BCUT2D eigenvalue weighted by molar-refractivity contribution is 1.28. The molecule has 0 aliphatic rings. The molecule has 5 rings (SSSR count). The second-order valence-electron chi connectivity index (χ2n) is 6.10. The van der Waals surface area contributed by atoms with Gasteiger partial charge in [0, 0.05) is 23.2 Å². The third-order valence-corrected chi connectivity index (χ3v) is 4.69. The molecule has 3 aromatic heterocycles. The number of fused-ring (bicyclic) bond motifs is 7. The molecule has 0 radical (unpaired) electrons. The monoisotopic (exact) mass is 310 g/mol. The first kappa shape index (κ1) is 13.3. The highest BCUT2D eigenvalue weighted by molar-refractivity contribution is 6.22. The van der Waals surface area contributed by atoms with Crippen molar-refractivity contribution in [2.24, 2.45) is 0 Å². The van der Waals surface area contributed by atoms with E-state index in [9.17, 15) is 0 Å². The van der Waals surface area contributed by atoms with Gasteiger partial charge in [0.05, 0.1) is 16.6 Å². The number of aromatic nitrogens is 4. The summed E-state index contributed by atoms with van der Waals surface area (Å²) in [6, 6.07) is 12.0. The minimum Gasteiger partial charge on any atom is -0.255 e. The van der Waals surface area contributed by atoms with Crippen LogP contribution in [0.25, 0.3) is 43.9 Å². The normalized spacial score (nSPS) is 11.8. The molecular weight excluding hydrogens is 296 g/mol. The van der Waals surface area contributed by atoms with Crippen molar-refractivity contribution in [3.8, 4) is 0 Å². The highest BCUT2D eigenvalue weighted by atomic mass is 14.8. The topological polar surface area (TPSA) is 51.6 Å². The lowest BCUT2D eigenvalue weighted by Crippen LogP contribution is -1.96. The Morgan fingerprint density at radius 3 is 2.25 bits per heavy atom. The molecule has 0 unspecified atom stereocenters. The zero-order valence-corrected chi connectivity index (χ0v) is 13.4. The van der Waals surface area contributed by atoms with E-state index in [1.165, 1.54) is 5.56 Å². The van der Waals surface area contributed by atoms with Crippen molar-refractivity contribution in [1.29, 1.82) is 0 Å². The van der Waals surface area contributed by atoms with Gasteiger partial charge in [0.2, 0.25) is 0 Å². The van der Waals surface area contributed by atoms with Gasteiger partial charge in [-0.3, -0.25) is 9.97 Å². The Bertz CT molecular complexity index is 1270. The van der Waals surface area contributed by atoms with E-state index < -0.39 is 0 Å². The van der Waals surface area contributed by atoms with Gasteiger partial charge < -0.3 is 0 Å². The molecule has 0 saturated carbocycles. The summed E-state index contributed by atoms with van der Waals surface area (Å²) >= 11 is 0. The molecular formula is C20H14N4. The van der Waals surface area contributed by atoms with Crippen LogP contribution in [-0.4, -0.2) is 19.9 Å². The van der Waals surface area contributed by atoms with Crippen molar-refractivity contribution >= 4 is 43.9 Å². The molecule has 0 bridgehead atoms. The van der Waals surface area contributed by atoms with Gasteiger partial charge in [0.25, 0.3) is 0 Å². The van der Waals surface area contributed by atoms with E-state index in [1.54, 1.807) is 6.20 Å². The minimum absolute atomic E-state index is 0.840. The van der Waals surface area contributed by atoms with Crippen LogP contribution in [0.3, 0.4) is 0 Å². The summed E-state index contributed by atoms with van der Waals surface area (Å²) in [4.78, 5) is 19.1. The maximum atomic E-state index is 4.92. The number of rotatable bonds is 0. The molecule has 3 heterocycles. The predicted molar refractivity (Wildman–Crippen MR) is 97.1 cm³/mol. The fraction of sp³-hybridized carbons (Fsp3) is 0.100. The fourth-order valence-corrected chi connectivity index (χ4v) is 3.32. The highest BCUT2D eigenvalue weighted by Crippen LogP contribution is 2.34. The van der Waals surface area contributed by atoms with Gasteiger partial charge in [-0.15, -0.1) is 0 Å². The number of nitrogens with zero attached hydrogens (tertiary/aromatic N) is 4. The highest BCUT2D eigenvalue weighted by Gasteiger charge is 2.16. The molecule has 0 aliphatic carbocycles. The van der Waals surface area contributed by atoms with Crippen LogP contribution in [0.15, 0.2) is 48.8 Å². The molecule has 5 aromatic rings. The van der Waals surface area contributed by atoms with Crippen LogP contribution in [0.2, 0.25) is 0 Å². The standard InChI is InChI=1S/C20H14N4/c1-11-10-22-17-13-6-5-9-21-18(13)20-19(16(17)12(11)2)23-14-7-3-4-8-15(14)24-20/h3-10H,1-2H3. The first-order chi connectivity index (χ1) is 11.7. The molecule has 4 heteroatoms. The molecule has 0 atom stereocenters. The van der Waals surface area contributed by atoms with Crippen molar-refractivity contribution in [2.45, 2.75) is 13.8 Å². The summed E-state index contributed by atoms with van der Waals surface area (Å²) in [6.45, 7) is 4.20. The van der Waals surface area contributed by atoms with Crippen LogP contribution in [0.4, 0.5) is 0 Å². The van der Waals surface area contributed by atoms with E-state index in [0.717, 1.165) is 49.4 Å². The first-order valence-electron chi connectivity index (χ1n) is 7.93. The second-order valence-corrected chi connectivity index (χ2v) is 6.10. The Kier molecular flexibility index (Phi) is 2.59. The molecule has 0 saturated heterocycles. The predicted octanol–water partition coefficient (Wildman–Crippen LogP) is 4.50. The summed E-state index contributed by atoms with van der Waals surface area (Å²) in [5, 5.41) is 2.09. The van der Waals surface area contributed by atoms with Gasteiger partial charge in [-0.25, -0.2) is 9.97 Å². The van der Waals surface area contributed by atoms with Crippen LogP contribution in [-0.2, 0) is 0 Å². The number of pyridine rings is 2. The molecule has 114 valence electrons. The zero-order chi connectivity index (χ0) is 16.3. The van der Waals surface area contributed by atoms with Crippen molar-refractivity contribution in [2.75, 3.05) is 0 Å². The zero-order valence-electron chi connectivity index (χ0n) is 13.4. The third-order valence-electron chi connectivity index (χ3n) is 4.69. The smallest absolute Gasteiger partial charge is 0.116 e. The van der Waals surface area contributed by atoms with Crippen molar-refractivity contribution < 1.29 is 0 Å². The maximum absolute atomic E-state index is 4.92. The van der Waals surface area contributed by atoms with Crippen molar-refractivity contribution in [3.63, 3.8) is 0 Å². The van der Waals surface area contributed by atoms with E-state index in [2.05, 4.69) is 24.9 Å². The summed E-state index contributed by atoms with van der Waals surface area (Å²) in [5.74, 6) is 0. The van der Waals surface area contributed by atoms with Gasteiger partial charge >= 0.3 is 0 Å². The first-order valence-corrected chi connectivity index (χ1v) is 7.93. The van der Waals surface area contributed by atoms with Crippen LogP contribution < -0.4 is 0 Å². The van der Waals surface area contributed by atoms with Crippen LogP contribution in [0.5, 0.6) is 0 Å². The largest absolute Gasteiger partial charge is 0.255 e. The average molecular weight is 310 g/mol. The SMILES string of the molecule is Cc1cnc2c3cccnc3c3nc4ccccc4nc3c2c1C. The summed E-state index contributed by atoms with van der Waals surface area (Å²) < 4.78 is 0.